The predicted molar refractivity (Wildman–Crippen MR) is 50.9 cm³/mol. The monoisotopic (exact) mass is 178 g/mol. The molecule has 0 saturated carbocycles. The number of rotatable bonds is 1. The molecule has 0 saturated heterocycles. The number of fused-ring (bicyclic) bond motifs is 1. The molecule has 1 nitrogen and oxygen atoms in total. The van der Waals surface area contributed by atoms with Crippen molar-refractivity contribution in [2.24, 2.45) is 0 Å². The van der Waals surface area contributed by atoms with Gasteiger partial charge in [0.25, 0.3) is 0 Å². The SMILES string of the molecule is CSc1cccc2c1C(=O)CC2. The quantitative estimate of drug-likeness (QED) is 0.615. The van der Waals surface area contributed by atoms with Crippen molar-refractivity contribution in [2.75, 3.05) is 6.26 Å². The average Bonchev–Trinajstić information content (AvgIpc) is 2.48. The Labute approximate surface area is 76.2 Å². The largest absolute Gasteiger partial charge is 0.294 e. The third kappa shape index (κ3) is 1.07. The Morgan fingerprint density at radius 2 is 2.17 bits per heavy atom. The van der Waals surface area contributed by atoms with E-state index in [1.54, 1.807) is 11.8 Å². The Morgan fingerprint density at radius 1 is 1.33 bits per heavy atom. The minimum Gasteiger partial charge on any atom is -0.294 e. The molecule has 1 aliphatic carbocycles. The summed E-state index contributed by atoms with van der Waals surface area (Å²) in [4.78, 5) is 12.6. The van der Waals surface area contributed by atoms with Gasteiger partial charge in [-0.3, -0.25) is 4.79 Å². The maximum atomic E-state index is 11.4. The van der Waals surface area contributed by atoms with Crippen LogP contribution in [0, 0.1) is 0 Å². The first-order chi connectivity index (χ1) is 5.83. The Balaban J connectivity index is 2.60. The van der Waals surface area contributed by atoms with Gasteiger partial charge in [0, 0.05) is 16.9 Å². The highest BCUT2D eigenvalue weighted by atomic mass is 32.2. The minimum absolute atomic E-state index is 0.315. The zero-order valence-corrected chi connectivity index (χ0v) is 7.78. The molecule has 0 radical (unpaired) electrons. The molecular weight excluding hydrogens is 168 g/mol. The first kappa shape index (κ1) is 7.87. The van der Waals surface area contributed by atoms with E-state index in [2.05, 4.69) is 6.07 Å². The normalized spacial score (nSPS) is 14.9. The van der Waals surface area contributed by atoms with Gasteiger partial charge in [-0.15, -0.1) is 11.8 Å². The van der Waals surface area contributed by atoms with Crippen molar-refractivity contribution in [1.29, 1.82) is 0 Å². The zero-order chi connectivity index (χ0) is 8.55. The van der Waals surface area contributed by atoms with Crippen molar-refractivity contribution >= 4 is 17.5 Å². The molecule has 0 atom stereocenters. The summed E-state index contributed by atoms with van der Waals surface area (Å²) in [5.41, 5.74) is 2.21. The number of hydrogen-bond acceptors (Lipinski definition) is 2. The first-order valence-electron chi connectivity index (χ1n) is 4.02. The van der Waals surface area contributed by atoms with Gasteiger partial charge < -0.3 is 0 Å². The summed E-state index contributed by atoms with van der Waals surface area (Å²) in [6.45, 7) is 0. The van der Waals surface area contributed by atoms with E-state index in [0.29, 0.717) is 12.2 Å². The van der Waals surface area contributed by atoms with E-state index < -0.39 is 0 Å². The Bertz CT molecular complexity index is 331. The zero-order valence-electron chi connectivity index (χ0n) is 6.96. The third-order valence-electron chi connectivity index (χ3n) is 2.23. The molecule has 0 aromatic heterocycles. The van der Waals surface area contributed by atoms with Gasteiger partial charge in [0.1, 0.15) is 0 Å². The van der Waals surface area contributed by atoms with E-state index in [1.165, 1.54) is 5.56 Å². The smallest absolute Gasteiger partial charge is 0.164 e. The molecule has 0 spiro atoms. The standard InChI is InChI=1S/C10H10OS/c1-12-9-4-2-3-7-5-6-8(11)10(7)9/h2-4H,5-6H2,1H3. The third-order valence-corrected chi connectivity index (χ3v) is 3.01. The van der Waals surface area contributed by atoms with Crippen molar-refractivity contribution in [3.63, 3.8) is 0 Å². The Hall–Kier alpha value is -0.760. The molecule has 2 rings (SSSR count). The molecule has 0 amide bonds. The van der Waals surface area contributed by atoms with Crippen molar-refractivity contribution in [3.05, 3.63) is 29.3 Å². The van der Waals surface area contributed by atoms with Gasteiger partial charge in [0.15, 0.2) is 5.78 Å². The Morgan fingerprint density at radius 3 is 2.92 bits per heavy atom. The van der Waals surface area contributed by atoms with Crippen molar-refractivity contribution in [2.45, 2.75) is 17.7 Å². The van der Waals surface area contributed by atoms with Gasteiger partial charge in [0.05, 0.1) is 0 Å². The summed E-state index contributed by atoms with van der Waals surface area (Å²) in [5.74, 6) is 0.315. The molecule has 0 aliphatic heterocycles. The number of Topliss-reactive ketones (excluding diaryl/α,β-unsaturated/α-hetero) is 1. The number of thioether (sulfide) groups is 1. The van der Waals surface area contributed by atoms with Crippen LogP contribution in [0.5, 0.6) is 0 Å². The van der Waals surface area contributed by atoms with Gasteiger partial charge >= 0.3 is 0 Å². The molecule has 62 valence electrons. The van der Waals surface area contributed by atoms with Gasteiger partial charge in [-0.05, 0) is 24.3 Å². The van der Waals surface area contributed by atoms with E-state index in [4.69, 9.17) is 0 Å². The van der Waals surface area contributed by atoms with E-state index in [9.17, 15) is 4.79 Å². The highest BCUT2D eigenvalue weighted by molar-refractivity contribution is 7.98. The van der Waals surface area contributed by atoms with Gasteiger partial charge in [-0.1, -0.05) is 12.1 Å². The van der Waals surface area contributed by atoms with Crippen LogP contribution in [-0.2, 0) is 6.42 Å². The topological polar surface area (TPSA) is 17.1 Å². The van der Waals surface area contributed by atoms with Crippen LogP contribution < -0.4 is 0 Å². The summed E-state index contributed by atoms with van der Waals surface area (Å²) in [6.07, 6.45) is 3.65. The van der Waals surface area contributed by atoms with Crippen LogP contribution in [0.4, 0.5) is 0 Å². The number of carbonyl (C=O) groups excluding carboxylic acids is 1. The van der Waals surface area contributed by atoms with Crippen LogP contribution in [0.15, 0.2) is 23.1 Å². The van der Waals surface area contributed by atoms with Crippen LogP contribution in [-0.4, -0.2) is 12.0 Å². The summed E-state index contributed by atoms with van der Waals surface area (Å²) in [7, 11) is 0. The second kappa shape index (κ2) is 2.94. The molecule has 0 unspecified atom stereocenters. The molecule has 1 aromatic rings. The fourth-order valence-electron chi connectivity index (χ4n) is 1.64. The molecule has 2 heteroatoms. The van der Waals surface area contributed by atoms with Crippen LogP contribution >= 0.6 is 11.8 Å². The molecule has 1 aromatic carbocycles. The summed E-state index contributed by atoms with van der Waals surface area (Å²) < 4.78 is 0. The highest BCUT2D eigenvalue weighted by Gasteiger charge is 2.21. The average molecular weight is 178 g/mol. The maximum absolute atomic E-state index is 11.4. The van der Waals surface area contributed by atoms with Crippen LogP contribution in [0.3, 0.4) is 0 Å². The number of aryl methyl sites for hydroxylation is 1. The Kier molecular flexibility index (Phi) is 1.93. The first-order valence-corrected chi connectivity index (χ1v) is 5.24. The number of hydrogen-bond donors (Lipinski definition) is 0. The fraction of sp³-hybridized carbons (Fsp3) is 0.300. The van der Waals surface area contributed by atoms with Gasteiger partial charge in [0.2, 0.25) is 0 Å². The van der Waals surface area contributed by atoms with Crippen molar-refractivity contribution in [3.8, 4) is 0 Å². The van der Waals surface area contributed by atoms with E-state index in [1.807, 2.05) is 18.4 Å². The van der Waals surface area contributed by atoms with E-state index in [0.717, 1.165) is 16.9 Å². The molecule has 1 aliphatic rings. The molecular formula is C10H10OS. The lowest BCUT2D eigenvalue weighted by Gasteiger charge is -2.02. The lowest BCUT2D eigenvalue weighted by Crippen LogP contribution is -1.93. The van der Waals surface area contributed by atoms with Crippen molar-refractivity contribution in [1.82, 2.24) is 0 Å². The van der Waals surface area contributed by atoms with Crippen LogP contribution in [0.2, 0.25) is 0 Å². The highest BCUT2D eigenvalue weighted by Crippen LogP contribution is 2.30. The number of carbonyl (C=O) groups is 1. The molecule has 12 heavy (non-hydrogen) atoms. The summed E-state index contributed by atoms with van der Waals surface area (Å²) in [6, 6.07) is 6.11. The van der Waals surface area contributed by atoms with Crippen LogP contribution in [0.25, 0.3) is 0 Å². The van der Waals surface area contributed by atoms with Crippen molar-refractivity contribution < 1.29 is 4.79 Å². The molecule has 0 heterocycles. The van der Waals surface area contributed by atoms with Crippen LogP contribution in [0.1, 0.15) is 22.3 Å². The van der Waals surface area contributed by atoms with Gasteiger partial charge in [-0.2, -0.15) is 0 Å². The molecule has 0 fully saturated rings. The number of benzene rings is 1. The predicted octanol–water partition coefficient (Wildman–Crippen LogP) is 2.54. The second-order valence-corrected chi connectivity index (χ2v) is 3.77. The summed E-state index contributed by atoms with van der Waals surface area (Å²) >= 11 is 1.66. The minimum atomic E-state index is 0.315. The maximum Gasteiger partial charge on any atom is 0.164 e. The van der Waals surface area contributed by atoms with E-state index in [-0.39, 0.29) is 0 Å². The van der Waals surface area contributed by atoms with E-state index >= 15 is 0 Å². The van der Waals surface area contributed by atoms with Gasteiger partial charge in [-0.25, -0.2) is 0 Å². The summed E-state index contributed by atoms with van der Waals surface area (Å²) in [5, 5.41) is 0. The lowest BCUT2D eigenvalue weighted by molar-refractivity contribution is 0.0992. The number of ketones is 1. The molecule has 0 bridgehead atoms. The fourth-order valence-corrected chi connectivity index (χ4v) is 2.31. The lowest BCUT2D eigenvalue weighted by atomic mass is 10.1. The second-order valence-electron chi connectivity index (χ2n) is 2.92. The molecule has 0 N–H and O–H groups in total.